The summed E-state index contributed by atoms with van der Waals surface area (Å²) in [5.41, 5.74) is 2.16. The van der Waals surface area contributed by atoms with Crippen molar-refractivity contribution < 1.29 is 9.59 Å². The number of hydrogen-bond acceptors (Lipinski definition) is 3. The highest BCUT2D eigenvalue weighted by Crippen LogP contribution is 2.26. The Morgan fingerprint density at radius 1 is 1.22 bits per heavy atom. The van der Waals surface area contributed by atoms with Gasteiger partial charge in [-0.3, -0.25) is 14.6 Å². The molecule has 120 valence electrons. The van der Waals surface area contributed by atoms with E-state index in [-0.39, 0.29) is 18.4 Å². The van der Waals surface area contributed by atoms with Crippen LogP contribution in [0.3, 0.4) is 0 Å². The third-order valence-corrected chi connectivity index (χ3v) is 3.81. The molecule has 0 bridgehead atoms. The zero-order chi connectivity index (χ0) is 16.8. The summed E-state index contributed by atoms with van der Waals surface area (Å²) in [5.74, 6) is -0.478. The van der Waals surface area contributed by atoms with E-state index in [9.17, 15) is 9.59 Å². The standard InChI is InChI=1S/C17H18ClN3O2/c1-12-15(18)7-5-8-16(12)21(13(2)22)11-17(23)20-10-14-6-3-4-9-19-14/h3-9H,10-11H2,1-2H3,(H,20,23). The van der Waals surface area contributed by atoms with Gasteiger partial charge in [0.25, 0.3) is 0 Å². The molecule has 5 nitrogen and oxygen atoms in total. The maximum atomic E-state index is 12.1. The Balaban J connectivity index is 2.06. The van der Waals surface area contributed by atoms with Crippen molar-refractivity contribution in [1.29, 1.82) is 0 Å². The molecular weight excluding hydrogens is 314 g/mol. The molecule has 0 radical (unpaired) electrons. The van der Waals surface area contributed by atoms with Gasteiger partial charge in [-0.2, -0.15) is 0 Å². The van der Waals surface area contributed by atoms with Crippen LogP contribution in [0.1, 0.15) is 18.2 Å². The highest BCUT2D eigenvalue weighted by Gasteiger charge is 2.18. The van der Waals surface area contributed by atoms with Crippen LogP contribution < -0.4 is 10.2 Å². The summed E-state index contributed by atoms with van der Waals surface area (Å²) < 4.78 is 0. The number of amides is 2. The van der Waals surface area contributed by atoms with Crippen molar-refractivity contribution in [3.63, 3.8) is 0 Å². The van der Waals surface area contributed by atoms with Crippen molar-refractivity contribution in [2.24, 2.45) is 0 Å². The smallest absolute Gasteiger partial charge is 0.240 e. The maximum Gasteiger partial charge on any atom is 0.240 e. The SMILES string of the molecule is CC(=O)N(CC(=O)NCc1ccccn1)c1cccc(Cl)c1C. The Labute approximate surface area is 140 Å². The lowest BCUT2D eigenvalue weighted by Gasteiger charge is -2.23. The quantitative estimate of drug-likeness (QED) is 0.916. The zero-order valence-corrected chi connectivity index (χ0v) is 13.8. The van der Waals surface area contributed by atoms with Crippen LogP contribution in [0.2, 0.25) is 5.02 Å². The maximum absolute atomic E-state index is 12.1. The highest BCUT2D eigenvalue weighted by molar-refractivity contribution is 6.31. The summed E-state index contributed by atoms with van der Waals surface area (Å²) in [4.78, 5) is 29.6. The van der Waals surface area contributed by atoms with Gasteiger partial charge in [0.15, 0.2) is 0 Å². The van der Waals surface area contributed by atoms with E-state index in [4.69, 9.17) is 11.6 Å². The summed E-state index contributed by atoms with van der Waals surface area (Å²) in [7, 11) is 0. The number of nitrogens with zero attached hydrogens (tertiary/aromatic N) is 2. The fraction of sp³-hybridized carbons (Fsp3) is 0.235. The summed E-state index contributed by atoms with van der Waals surface area (Å²) >= 11 is 6.09. The van der Waals surface area contributed by atoms with Crippen LogP contribution in [0.4, 0.5) is 5.69 Å². The second-order valence-electron chi connectivity index (χ2n) is 5.09. The fourth-order valence-corrected chi connectivity index (χ4v) is 2.32. The first-order chi connectivity index (χ1) is 11.0. The number of halogens is 1. The van der Waals surface area contributed by atoms with Crippen molar-refractivity contribution >= 4 is 29.1 Å². The largest absolute Gasteiger partial charge is 0.349 e. The molecule has 0 aliphatic carbocycles. The lowest BCUT2D eigenvalue weighted by molar-refractivity contribution is -0.123. The van der Waals surface area contributed by atoms with Crippen LogP contribution in [0, 0.1) is 6.92 Å². The van der Waals surface area contributed by atoms with Gasteiger partial charge in [-0.1, -0.05) is 23.7 Å². The molecule has 1 aromatic carbocycles. The number of hydrogen-bond donors (Lipinski definition) is 1. The number of rotatable bonds is 5. The molecule has 0 unspecified atom stereocenters. The molecule has 0 atom stereocenters. The average Bonchev–Trinajstić information content (AvgIpc) is 2.54. The predicted octanol–water partition coefficient (Wildman–Crippen LogP) is 2.71. The molecule has 1 N–H and O–H groups in total. The average molecular weight is 332 g/mol. The molecular formula is C17H18ClN3O2. The Kier molecular flexibility index (Phi) is 5.71. The van der Waals surface area contributed by atoms with E-state index >= 15 is 0 Å². The van der Waals surface area contributed by atoms with Crippen molar-refractivity contribution in [2.75, 3.05) is 11.4 Å². The van der Waals surface area contributed by atoms with Crippen LogP contribution in [0.25, 0.3) is 0 Å². The van der Waals surface area contributed by atoms with Crippen molar-refractivity contribution in [2.45, 2.75) is 20.4 Å². The van der Waals surface area contributed by atoms with E-state index in [0.29, 0.717) is 17.3 Å². The third-order valence-electron chi connectivity index (χ3n) is 3.40. The monoisotopic (exact) mass is 331 g/mol. The second-order valence-corrected chi connectivity index (χ2v) is 5.49. The molecule has 23 heavy (non-hydrogen) atoms. The second kappa shape index (κ2) is 7.74. The molecule has 0 fully saturated rings. The molecule has 6 heteroatoms. The van der Waals surface area contributed by atoms with Crippen LogP contribution in [0.5, 0.6) is 0 Å². The molecule has 2 aromatic rings. The zero-order valence-electron chi connectivity index (χ0n) is 13.0. The van der Waals surface area contributed by atoms with Crippen LogP contribution >= 0.6 is 11.6 Å². The van der Waals surface area contributed by atoms with Crippen LogP contribution in [-0.2, 0) is 16.1 Å². The molecule has 0 aliphatic heterocycles. The Bertz CT molecular complexity index is 704. The van der Waals surface area contributed by atoms with Gasteiger partial charge in [0.05, 0.1) is 12.2 Å². The number of aromatic nitrogens is 1. The Hall–Kier alpha value is -2.40. The van der Waals surface area contributed by atoms with E-state index in [1.807, 2.05) is 25.1 Å². The van der Waals surface area contributed by atoms with Crippen molar-refractivity contribution in [3.05, 3.63) is 58.9 Å². The first-order valence-corrected chi connectivity index (χ1v) is 7.56. The Morgan fingerprint density at radius 3 is 2.65 bits per heavy atom. The van der Waals surface area contributed by atoms with E-state index in [1.54, 1.807) is 24.4 Å². The molecule has 2 rings (SSSR count). The molecule has 0 spiro atoms. The fourth-order valence-electron chi connectivity index (χ4n) is 2.15. The van der Waals surface area contributed by atoms with Gasteiger partial charge in [0.1, 0.15) is 6.54 Å². The van der Waals surface area contributed by atoms with E-state index in [0.717, 1.165) is 11.3 Å². The first kappa shape index (κ1) is 17.0. The molecule has 0 saturated carbocycles. The number of anilines is 1. The van der Waals surface area contributed by atoms with Gasteiger partial charge < -0.3 is 10.2 Å². The van der Waals surface area contributed by atoms with Crippen molar-refractivity contribution in [1.82, 2.24) is 10.3 Å². The van der Waals surface area contributed by atoms with Gasteiger partial charge in [-0.25, -0.2) is 0 Å². The van der Waals surface area contributed by atoms with Gasteiger partial charge in [-0.15, -0.1) is 0 Å². The molecule has 0 saturated heterocycles. The van der Waals surface area contributed by atoms with Gasteiger partial charge in [-0.05, 0) is 36.8 Å². The number of pyridine rings is 1. The molecule has 1 aromatic heterocycles. The minimum atomic E-state index is -0.259. The Morgan fingerprint density at radius 2 is 2.00 bits per heavy atom. The third kappa shape index (κ3) is 4.53. The van der Waals surface area contributed by atoms with Crippen LogP contribution in [-0.4, -0.2) is 23.3 Å². The van der Waals surface area contributed by atoms with Gasteiger partial charge >= 0.3 is 0 Å². The minimum Gasteiger partial charge on any atom is -0.349 e. The molecule has 1 heterocycles. The van der Waals surface area contributed by atoms with E-state index in [2.05, 4.69) is 10.3 Å². The predicted molar refractivity (Wildman–Crippen MR) is 90.3 cm³/mol. The topological polar surface area (TPSA) is 62.3 Å². The highest BCUT2D eigenvalue weighted by atomic mass is 35.5. The van der Waals surface area contributed by atoms with Crippen molar-refractivity contribution in [3.8, 4) is 0 Å². The van der Waals surface area contributed by atoms with Crippen LogP contribution in [0.15, 0.2) is 42.6 Å². The summed E-state index contributed by atoms with van der Waals surface area (Å²) in [5, 5.41) is 3.32. The summed E-state index contributed by atoms with van der Waals surface area (Å²) in [6.45, 7) is 3.50. The summed E-state index contributed by atoms with van der Waals surface area (Å²) in [6, 6.07) is 10.8. The summed E-state index contributed by atoms with van der Waals surface area (Å²) in [6.07, 6.45) is 1.67. The first-order valence-electron chi connectivity index (χ1n) is 7.19. The normalized spacial score (nSPS) is 10.2. The number of nitrogens with one attached hydrogen (secondary N) is 1. The molecule has 2 amide bonds. The number of carbonyl (C=O) groups excluding carboxylic acids is 2. The molecule has 0 aliphatic rings. The van der Waals surface area contributed by atoms with Gasteiger partial charge in [0.2, 0.25) is 11.8 Å². The van der Waals surface area contributed by atoms with E-state index < -0.39 is 0 Å². The van der Waals surface area contributed by atoms with E-state index in [1.165, 1.54) is 11.8 Å². The number of carbonyl (C=O) groups is 2. The lowest BCUT2D eigenvalue weighted by Crippen LogP contribution is -2.40. The van der Waals surface area contributed by atoms with Gasteiger partial charge in [0, 0.05) is 23.8 Å². The lowest BCUT2D eigenvalue weighted by atomic mass is 10.1. The minimum absolute atomic E-state index is 0.0661. The number of benzene rings is 1.